The highest BCUT2D eigenvalue weighted by Crippen LogP contribution is 2.14. The fourth-order valence-electron chi connectivity index (χ4n) is 0.460. The van der Waals surface area contributed by atoms with Crippen molar-refractivity contribution < 1.29 is 4.79 Å². The molecule has 0 saturated carbocycles. The smallest absolute Gasteiger partial charge is 0.244 e. The molecule has 2 N–H and O–H groups in total. The Bertz CT molecular complexity index is 126. The van der Waals surface area contributed by atoms with Crippen LogP contribution >= 0.6 is 0 Å². The molecule has 0 unspecified atom stereocenters. The summed E-state index contributed by atoms with van der Waals surface area (Å²) < 4.78 is 0. The molecule has 0 aliphatic heterocycles. The number of nitrogens with two attached hydrogens (primary N) is 1. The summed E-state index contributed by atoms with van der Waals surface area (Å²) in [5.74, 6) is -0.314. The van der Waals surface area contributed by atoms with Crippen molar-refractivity contribution in [3.63, 3.8) is 0 Å². The summed E-state index contributed by atoms with van der Waals surface area (Å²) in [6.45, 7) is 0. The summed E-state index contributed by atoms with van der Waals surface area (Å²) in [6, 6.07) is 0. The highest BCUT2D eigenvalue weighted by atomic mass is 16.1. The first kappa shape index (κ1) is 4.37. The molecular weight excluding hydrogens is 90.1 g/mol. The Hall–Kier alpha value is -0.790. The van der Waals surface area contributed by atoms with E-state index in [-0.39, 0.29) is 5.91 Å². The third-order valence-electron chi connectivity index (χ3n) is 1.01. The highest BCUT2D eigenvalue weighted by Gasteiger charge is 2.10. The first-order valence-electron chi connectivity index (χ1n) is 2.20. The number of hydrogen-bond donors (Lipinski definition) is 1. The lowest BCUT2D eigenvalue weighted by Gasteiger charge is -2.06. The lowest BCUT2D eigenvalue weighted by Crippen LogP contribution is -2.17. The molecule has 0 bridgehead atoms. The maximum Gasteiger partial charge on any atom is 0.244 e. The fourth-order valence-corrected chi connectivity index (χ4v) is 0.460. The molecule has 1 rings (SSSR count). The van der Waals surface area contributed by atoms with E-state index in [2.05, 4.69) is 6.08 Å². The van der Waals surface area contributed by atoms with E-state index in [1.807, 2.05) is 0 Å². The Labute approximate surface area is 42.0 Å². The number of amides is 1. The van der Waals surface area contributed by atoms with E-state index < -0.39 is 0 Å². The quantitative estimate of drug-likeness (QED) is 0.490. The minimum absolute atomic E-state index is 0.314. The van der Waals surface area contributed by atoms with E-state index in [4.69, 9.17) is 5.73 Å². The number of carbonyl (C=O) groups is 1. The van der Waals surface area contributed by atoms with Crippen molar-refractivity contribution in [2.75, 3.05) is 0 Å². The van der Waals surface area contributed by atoms with Gasteiger partial charge in [-0.2, -0.15) is 0 Å². The zero-order valence-electron chi connectivity index (χ0n) is 3.90. The Morgan fingerprint density at radius 2 is 2.43 bits per heavy atom. The molecule has 1 amide bonds. The van der Waals surface area contributed by atoms with Gasteiger partial charge in [0.15, 0.2) is 0 Å². The number of allylic oxidation sites excluding steroid dienone is 1. The van der Waals surface area contributed by atoms with Crippen LogP contribution in [0.5, 0.6) is 0 Å². The SMILES string of the molecule is NC(=O)C1=[C]CC1. The lowest BCUT2D eigenvalue weighted by molar-refractivity contribution is -0.115. The molecular formula is C5H6NO. The summed E-state index contributed by atoms with van der Waals surface area (Å²) in [6.07, 6.45) is 4.52. The molecule has 0 saturated heterocycles. The van der Waals surface area contributed by atoms with E-state index in [0.29, 0.717) is 5.57 Å². The van der Waals surface area contributed by atoms with Gasteiger partial charge in [-0.15, -0.1) is 0 Å². The fraction of sp³-hybridized carbons (Fsp3) is 0.400. The number of rotatable bonds is 1. The van der Waals surface area contributed by atoms with Gasteiger partial charge < -0.3 is 5.73 Å². The Morgan fingerprint density at radius 3 is 2.43 bits per heavy atom. The molecule has 7 heavy (non-hydrogen) atoms. The average Bonchev–Trinajstić information content (AvgIpc) is 1.23. The third-order valence-corrected chi connectivity index (χ3v) is 1.01. The zero-order chi connectivity index (χ0) is 5.28. The molecule has 1 aliphatic rings. The van der Waals surface area contributed by atoms with Crippen molar-refractivity contribution in [1.82, 2.24) is 0 Å². The van der Waals surface area contributed by atoms with Crippen molar-refractivity contribution in [2.45, 2.75) is 12.8 Å². The first-order valence-corrected chi connectivity index (χ1v) is 2.20. The number of primary amides is 1. The second-order valence-electron chi connectivity index (χ2n) is 1.52. The van der Waals surface area contributed by atoms with Crippen LogP contribution in [-0.2, 0) is 4.79 Å². The van der Waals surface area contributed by atoms with Crippen molar-refractivity contribution >= 4 is 5.91 Å². The van der Waals surface area contributed by atoms with Crippen LogP contribution in [0.15, 0.2) is 5.57 Å². The van der Waals surface area contributed by atoms with Crippen LogP contribution in [0, 0.1) is 6.08 Å². The van der Waals surface area contributed by atoms with Gasteiger partial charge in [0, 0.05) is 5.57 Å². The van der Waals surface area contributed by atoms with E-state index in [1.165, 1.54) is 0 Å². The summed E-state index contributed by atoms with van der Waals surface area (Å²) >= 11 is 0. The summed E-state index contributed by atoms with van der Waals surface area (Å²) in [5.41, 5.74) is 5.53. The second kappa shape index (κ2) is 1.37. The van der Waals surface area contributed by atoms with Crippen molar-refractivity contribution in [3.05, 3.63) is 11.6 Å². The minimum Gasteiger partial charge on any atom is -0.366 e. The van der Waals surface area contributed by atoms with Crippen LogP contribution in [0.4, 0.5) is 0 Å². The molecule has 1 aliphatic carbocycles. The molecule has 0 fully saturated rings. The van der Waals surface area contributed by atoms with E-state index in [0.717, 1.165) is 12.8 Å². The van der Waals surface area contributed by atoms with Crippen LogP contribution in [0.3, 0.4) is 0 Å². The van der Waals surface area contributed by atoms with Gasteiger partial charge in [0.25, 0.3) is 0 Å². The van der Waals surface area contributed by atoms with Crippen molar-refractivity contribution in [1.29, 1.82) is 0 Å². The lowest BCUT2D eigenvalue weighted by atomic mass is 9.99. The largest absolute Gasteiger partial charge is 0.366 e. The third kappa shape index (κ3) is 0.633. The zero-order valence-corrected chi connectivity index (χ0v) is 3.90. The molecule has 0 aromatic carbocycles. The van der Waals surface area contributed by atoms with Gasteiger partial charge in [-0.3, -0.25) is 4.79 Å². The maximum atomic E-state index is 10.1. The summed E-state index contributed by atoms with van der Waals surface area (Å²) in [4.78, 5) is 10.1. The van der Waals surface area contributed by atoms with Crippen LogP contribution in [0.2, 0.25) is 0 Å². The molecule has 2 heteroatoms. The maximum absolute atomic E-state index is 10.1. The predicted molar refractivity (Wildman–Crippen MR) is 25.2 cm³/mol. The van der Waals surface area contributed by atoms with Gasteiger partial charge in [-0.05, 0) is 18.9 Å². The second-order valence-corrected chi connectivity index (χ2v) is 1.52. The van der Waals surface area contributed by atoms with Gasteiger partial charge in [-0.1, -0.05) is 0 Å². The molecule has 0 spiro atoms. The number of hydrogen-bond acceptors (Lipinski definition) is 1. The first-order chi connectivity index (χ1) is 3.30. The average molecular weight is 96.1 g/mol. The molecule has 2 nitrogen and oxygen atoms in total. The van der Waals surface area contributed by atoms with E-state index in [9.17, 15) is 4.79 Å². The Kier molecular flexibility index (Phi) is 0.855. The summed E-state index contributed by atoms with van der Waals surface area (Å²) in [5, 5.41) is 0. The minimum atomic E-state index is -0.314. The van der Waals surface area contributed by atoms with Gasteiger partial charge >= 0.3 is 0 Å². The Balaban J connectivity index is 2.57. The standard InChI is InChI=1S/C5H6NO/c6-5(7)4-2-1-3-4/h1-2H2,(H2,6,7). The monoisotopic (exact) mass is 96.0 g/mol. The van der Waals surface area contributed by atoms with Gasteiger partial charge in [0.05, 0.1) is 0 Å². The molecule has 37 valence electrons. The predicted octanol–water partition coefficient (Wildman–Crippen LogP) is -0.00491. The molecule has 1 radical (unpaired) electrons. The Morgan fingerprint density at radius 1 is 1.86 bits per heavy atom. The molecule has 0 atom stereocenters. The normalized spacial score (nSPS) is 17.4. The molecule has 0 aromatic rings. The van der Waals surface area contributed by atoms with Crippen molar-refractivity contribution in [2.24, 2.45) is 5.73 Å². The van der Waals surface area contributed by atoms with Crippen LogP contribution in [0.25, 0.3) is 0 Å². The van der Waals surface area contributed by atoms with E-state index in [1.54, 1.807) is 0 Å². The van der Waals surface area contributed by atoms with Crippen molar-refractivity contribution in [3.8, 4) is 0 Å². The van der Waals surface area contributed by atoms with E-state index >= 15 is 0 Å². The topological polar surface area (TPSA) is 43.1 Å². The summed E-state index contributed by atoms with van der Waals surface area (Å²) in [7, 11) is 0. The number of carbonyl (C=O) groups excluding carboxylic acids is 1. The van der Waals surface area contributed by atoms with Gasteiger partial charge in [-0.25, -0.2) is 0 Å². The van der Waals surface area contributed by atoms with Gasteiger partial charge in [0.1, 0.15) is 0 Å². The highest BCUT2D eigenvalue weighted by molar-refractivity contribution is 5.92. The van der Waals surface area contributed by atoms with Crippen LogP contribution in [0.1, 0.15) is 12.8 Å². The van der Waals surface area contributed by atoms with Crippen LogP contribution < -0.4 is 5.73 Å². The van der Waals surface area contributed by atoms with Gasteiger partial charge in [0.2, 0.25) is 5.91 Å². The van der Waals surface area contributed by atoms with Crippen LogP contribution in [-0.4, -0.2) is 5.91 Å². The molecule has 0 aromatic heterocycles. The molecule has 0 heterocycles.